The van der Waals surface area contributed by atoms with Crippen LogP contribution < -0.4 is 0 Å². The van der Waals surface area contributed by atoms with Gasteiger partial charge < -0.3 is 5.11 Å². The van der Waals surface area contributed by atoms with Crippen LogP contribution in [0, 0.1) is 18.6 Å². The van der Waals surface area contributed by atoms with E-state index in [2.05, 4.69) is 5.10 Å². The lowest BCUT2D eigenvalue weighted by molar-refractivity contribution is 0.0689. The third-order valence-electron chi connectivity index (χ3n) is 3.58. The first-order valence-electron chi connectivity index (χ1n) is 6.92. The van der Waals surface area contributed by atoms with Crippen LogP contribution >= 0.6 is 11.6 Å². The Morgan fingerprint density at radius 1 is 1.17 bits per heavy atom. The van der Waals surface area contributed by atoms with Crippen molar-refractivity contribution >= 4 is 17.6 Å². The molecule has 0 fully saturated rings. The van der Waals surface area contributed by atoms with Crippen LogP contribution in [0.15, 0.2) is 42.5 Å². The van der Waals surface area contributed by atoms with Gasteiger partial charge in [-0.3, -0.25) is 0 Å². The number of halogens is 3. The summed E-state index contributed by atoms with van der Waals surface area (Å²) in [5.74, 6) is -2.81. The largest absolute Gasteiger partial charge is 0.476 e. The third kappa shape index (κ3) is 2.76. The molecule has 7 heteroatoms. The van der Waals surface area contributed by atoms with E-state index in [1.54, 1.807) is 31.2 Å². The first-order valence-corrected chi connectivity index (χ1v) is 7.30. The molecule has 24 heavy (non-hydrogen) atoms. The SMILES string of the molecule is Cc1c(C(=O)O)nn(-c2ccc(F)cc2F)c1-c1ccc(Cl)cc1. The Bertz CT molecular complexity index is 937. The number of benzene rings is 2. The molecule has 1 aromatic heterocycles. The fourth-order valence-electron chi connectivity index (χ4n) is 2.47. The lowest BCUT2D eigenvalue weighted by Gasteiger charge is -2.10. The summed E-state index contributed by atoms with van der Waals surface area (Å²) in [4.78, 5) is 11.4. The second-order valence-corrected chi connectivity index (χ2v) is 5.58. The summed E-state index contributed by atoms with van der Waals surface area (Å²) in [6.45, 7) is 1.58. The van der Waals surface area contributed by atoms with Gasteiger partial charge in [0.25, 0.3) is 0 Å². The fraction of sp³-hybridized carbons (Fsp3) is 0.0588. The van der Waals surface area contributed by atoms with Gasteiger partial charge in [0, 0.05) is 22.2 Å². The Kier molecular flexibility index (Phi) is 4.07. The molecular formula is C17H11ClF2N2O2. The summed E-state index contributed by atoms with van der Waals surface area (Å²) in [5.41, 5.74) is 1.13. The molecule has 0 saturated heterocycles. The van der Waals surface area contributed by atoms with E-state index in [1.165, 1.54) is 6.07 Å². The number of nitrogens with zero attached hydrogens (tertiary/aromatic N) is 2. The van der Waals surface area contributed by atoms with E-state index in [9.17, 15) is 18.7 Å². The van der Waals surface area contributed by atoms with Crippen molar-refractivity contribution in [1.29, 1.82) is 0 Å². The number of rotatable bonds is 3. The summed E-state index contributed by atoms with van der Waals surface area (Å²) >= 11 is 5.88. The van der Waals surface area contributed by atoms with E-state index in [-0.39, 0.29) is 11.4 Å². The highest BCUT2D eigenvalue weighted by molar-refractivity contribution is 6.30. The van der Waals surface area contributed by atoms with Gasteiger partial charge >= 0.3 is 5.97 Å². The fourth-order valence-corrected chi connectivity index (χ4v) is 2.60. The van der Waals surface area contributed by atoms with Crippen LogP contribution in [0.2, 0.25) is 5.02 Å². The summed E-state index contributed by atoms with van der Waals surface area (Å²) in [5, 5.41) is 13.8. The normalized spacial score (nSPS) is 10.8. The Labute approximate surface area is 140 Å². The van der Waals surface area contributed by atoms with Crippen molar-refractivity contribution < 1.29 is 18.7 Å². The van der Waals surface area contributed by atoms with E-state index in [0.29, 0.717) is 21.8 Å². The first kappa shape index (κ1) is 16.1. The van der Waals surface area contributed by atoms with Gasteiger partial charge in [-0.1, -0.05) is 23.7 Å². The van der Waals surface area contributed by atoms with E-state index in [4.69, 9.17) is 11.6 Å². The second kappa shape index (κ2) is 6.05. The standard InChI is InChI=1S/C17H11ClF2N2O2/c1-9-15(17(23)24)21-22(14-7-6-12(19)8-13(14)20)16(9)10-2-4-11(18)5-3-10/h2-8H,1H3,(H,23,24). The minimum Gasteiger partial charge on any atom is -0.476 e. The Morgan fingerprint density at radius 3 is 2.42 bits per heavy atom. The summed E-state index contributed by atoms with van der Waals surface area (Å²) in [6.07, 6.45) is 0. The average Bonchev–Trinajstić information content (AvgIpc) is 2.86. The van der Waals surface area contributed by atoms with Gasteiger partial charge in [0.2, 0.25) is 0 Å². The highest BCUT2D eigenvalue weighted by atomic mass is 35.5. The molecule has 2 aromatic carbocycles. The number of carbonyl (C=O) groups is 1. The number of aromatic carboxylic acids is 1. The lowest BCUT2D eigenvalue weighted by atomic mass is 10.1. The van der Waals surface area contributed by atoms with Crippen molar-refractivity contribution in [3.05, 3.63) is 70.4 Å². The van der Waals surface area contributed by atoms with Crippen molar-refractivity contribution in [2.45, 2.75) is 6.92 Å². The molecule has 0 aliphatic heterocycles. The second-order valence-electron chi connectivity index (χ2n) is 5.14. The maximum atomic E-state index is 14.2. The summed E-state index contributed by atoms with van der Waals surface area (Å²) < 4.78 is 28.5. The van der Waals surface area contributed by atoms with E-state index in [0.717, 1.165) is 16.8 Å². The first-order chi connectivity index (χ1) is 11.4. The van der Waals surface area contributed by atoms with Crippen LogP contribution in [0.1, 0.15) is 16.1 Å². The minimum atomic E-state index is -1.23. The van der Waals surface area contributed by atoms with Gasteiger partial charge in [0.15, 0.2) is 11.5 Å². The quantitative estimate of drug-likeness (QED) is 0.759. The molecule has 1 N–H and O–H groups in total. The highest BCUT2D eigenvalue weighted by Crippen LogP contribution is 2.30. The topological polar surface area (TPSA) is 55.1 Å². The minimum absolute atomic E-state index is 0.0445. The van der Waals surface area contributed by atoms with Crippen molar-refractivity contribution in [1.82, 2.24) is 9.78 Å². The zero-order valence-corrected chi connectivity index (χ0v) is 13.2. The van der Waals surface area contributed by atoms with Crippen molar-refractivity contribution in [3.8, 4) is 16.9 Å². The lowest BCUT2D eigenvalue weighted by Crippen LogP contribution is -2.04. The van der Waals surface area contributed by atoms with E-state index in [1.807, 2.05) is 0 Å². The number of carboxylic acids is 1. The Balaban J connectivity index is 2.30. The van der Waals surface area contributed by atoms with Crippen molar-refractivity contribution in [2.24, 2.45) is 0 Å². The molecule has 0 aliphatic carbocycles. The number of aromatic nitrogens is 2. The predicted molar refractivity (Wildman–Crippen MR) is 85.6 cm³/mol. The van der Waals surface area contributed by atoms with Crippen LogP contribution in [-0.4, -0.2) is 20.9 Å². The van der Waals surface area contributed by atoms with Gasteiger partial charge in [-0.05, 0) is 31.2 Å². The van der Waals surface area contributed by atoms with Gasteiger partial charge in [-0.2, -0.15) is 5.10 Å². The van der Waals surface area contributed by atoms with Crippen LogP contribution in [-0.2, 0) is 0 Å². The molecule has 0 aliphatic rings. The molecule has 3 rings (SSSR count). The maximum Gasteiger partial charge on any atom is 0.356 e. The highest BCUT2D eigenvalue weighted by Gasteiger charge is 2.23. The molecule has 0 amide bonds. The maximum absolute atomic E-state index is 14.2. The van der Waals surface area contributed by atoms with Crippen molar-refractivity contribution in [3.63, 3.8) is 0 Å². The molecule has 0 unspecified atom stereocenters. The van der Waals surface area contributed by atoms with Gasteiger partial charge in [-0.15, -0.1) is 0 Å². The molecule has 0 radical (unpaired) electrons. The monoisotopic (exact) mass is 348 g/mol. The van der Waals surface area contributed by atoms with Gasteiger partial charge in [0.05, 0.1) is 5.69 Å². The van der Waals surface area contributed by atoms with Gasteiger partial charge in [-0.25, -0.2) is 18.3 Å². The molecule has 0 bridgehead atoms. The third-order valence-corrected chi connectivity index (χ3v) is 3.83. The average molecular weight is 349 g/mol. The van der Waals surface area contributed by atoms with Crippen LogP contribution in [0.4, 0.5) is 8.78 Å². The molecule has 0 spiro atoms. The van der Waals surface area contributed by atoms with Crippen LogP contribution in [0.25, 0.3) is 16.9 Å². The molecule has 4 nitrogen and oxygen atoms in total. The smallest absolute Gasteiger partial charge is 0.356 e. The Hall–Kier alpha value is -2.73. The molecule has 1 heterocycles. The summed E-state index contributed by atoms with van der Waals surface area (Å²) in [6, 6.07) is 9.64. The zero-order chi connectivity index (χ0) is 17.4. The number of carboxylic acid groups (broad SMARTS) is 1. The van der Waals surface area contributed by atoms with Crippen molar-refractivity contribution in [2.75, 3.05) is 0 Å². The molecule has 3 aromatic rings. The number of hydrogen-bond donors (Lipinski definition) is 1. The predicted octanol–water partition coefficient (Wildman–Crippen LogP) is 4.48. The molecule has 0 saturated carbocycles. The Morgan fingerprint density at radius 2 is 1.83 bits per heavy atom. The van der Waals surface area contributed by atoms with E-state index < -0.39 is 17.6 Å². The zero-order valence-electron chi connectivity index (χ0n) is 12.4. The van der Waals surface area contributed by atoms with Crippen LogP contribution in [0.3, 0.4) is 0 Å². The van der Waals surface area contributed by atoms with E-state index >= 15 is 0 Å². The molecule has 122 valence electrons. The number of hydrogen-bond acceptors (Lipinski definition) is 2. The molecule has 0 atom stereocenters. The van der Waals surface area contributed by atoms with Crippen LogP contribution in [0.5, 0.6) is 0 Å². The summed E-state index contributed by atoms with van der Waals surface area (Å²) in [7, 11) is 0. The molecular weight excluding hydrogens is 338 g/mol. The van der Waals surface area contributed by atoms with Gasteiger partial charge in [0.1, 0.15) is 11.5 Å².